The lowest BCUT2D eigenvalue weighted by atomic mass is 9.84. The highest BCUT2D eigenvalue weighted by Crippen LogP contribution is 2.33. The molecular formula is C22H23N3O4S2. The van der Waals surface area contributed by atoms with E-state index >= 15 is 0 Å². The minimum atomic E-state index is -3.76. The summed E-state index contributed by atoms with van der Waals surface area (Å²) in [6.07, 6.45) is 2.42. The van der Waals surface area contributed by atoms with Gasteiger partial charge in [0, 0.05) is 30.2 Å². The number of benzene rings is 2. The molecule has 1 aliphatic heterocycles. The number of hydrogen-bond donors (Lipinski definition) is 2. The molecule has 1 aliphatic rings. The summed E-state index contributed by atoms with van der Waals surface area (Å²) >= 11 is 1.19. The van der Waals surface area contributed by atoms with Crippen molar-refractivity contribution < 1.29 is 18.3 Å². The second-order valence-electron chi connectivity index (χ2n) is 7.66. The molecule has 0 saturated carbocycles. The zero-order valence-electron chi connectivity index (χ0n) is 17.0. The third-order valence-electron chi connectivity index (χ3n) is 5.53. The number of piperidine rings is 1. The molecule has 1 fully saturated rings. The number of aliphatic hydroxyl groups is 1. The predicted molar refractivity (Wildman–Crippen MR) is 120 cm³/mol. The van der Waals surface area contributed by atoms with Crippen LogP contribution in [0.5, 0.6) is 0 Å². The summed E-state index contributed by atoms with van der Waals surface area (Å²) in [6, 6.07) is 13.7. The number of thiazole rings is 1. The quantitative estimate of drug-likeness (QED) is 0.612. The molecule has 1 amide bonds. The van der Waals surface area contributed by atoms with E-state index in [-0.39, 0.29) is 15.9 Å². The molecule has 2 N–H and O–H groups in total. The third kappa shape index (κ3) is 4.63. The van der Waals surface area contributed by atoms with Gasteiger partial charge in [-0.05, 0) is 49.6 Å². The van der Waals surface area contributed by atoms with E-state index in [0.717, 1.165) is 11.1 Å². The van der Waals surface area contributed by atoms with Crippen LogP contribution in [-0.2, 0) is 15.6 Å². The molecular weight excluding hydrogens is 434 g/mol. The van der Waals surface area contributed by atoms with Crippen molar-refractivity contribution in [2.24, 2.45) is 0 Å². The minimum Gasteiger partial charge on any atom is -0.385 e. The zero-order valence-corrected chi connectivity index (χ0v) is 18.6. The Hall–Kier alpha value is -2.75. The van der Waals surface area contributed by atoms with Gasteiger partial charge in [0.15, 0.2) is 5.13 Å². The summed E-state index contributed by atoms with van der Waals surface area (Å²) in [6.45, 7) is 2.85. The maximum Gasteiger partial charge on any atom is 0.263 e. The van der Waals surface area contributed by atoms with E-state index in [1.165, 1.54) is 41.8 Å². The van der Waals surface area contributed by atoms with Crippen LogP contribution < -0.4 is 4.72 Å². The monoisotopic (exact) mass is 457 g/mol. The van der Waals surface area contributed by atoms with Crippen LogP contribution in [-0.4, -0.2) is 42.4 Å². The Kier molecular flexibility index (Phi) is 5.83. The maximum absolute atomic E-state index is 12.9. The van der Waals surface area contributed by atoms with Gasteiger partial charge in [-0.3, -0.25) is 9.52 Å². The number of aromatic nitrogens is 1. The van der Waals surface area contributed by atoms with Crippen molar-refractivity contribution in [1.82, 2.24) is 9.88 Å². The normalized spacial score (nSPS) is 16.1. The van der Waals surface area contributed by atoms with Gasteiger partial charge in [-0.25, -0.2) is 13.4 Å². The van der Waals surface area contributed by atoms with Crippen LogP contribution in [0.1, 0.15) is 34.3 Å². The number of hydrogen-bond acceptors (Lipinski definition) is 6. The number of carbonyl (C=O) groups is 1. The number of sulfonamides is 1. The van der Waals surface area contributed by atoms with Crippen molar-refractivity contribution in [2.75, 3.05) is 17.8 Å². The SMILES string of the molecule is Cc1ccc(C2(O)CCN(C(=O)c3ccc(S(=O)(=O)Nc4nccs4)cc3)CC2)cc1. The number of likely N-dealkylation sites (tertiary alicyclic amines) is 1. The van der Waals surface area contributed by atoms with Crippen molar-refractivity contribution in [3.63, 3.8) is 0 Å². The van der Waals surface area contributed by atoms with E-state index in [1.54, 1.807) is 10.3 Å². The average molecular weight is 458 g/mol. The summed E-state index contributed by atoms with van der Waals surface area (Å²) in [4.78, 5) is 18.6. The lowest BCUT2D eigenvalue weighted by Gasteiger charge is -2.38. The molecule has 2 aromatic carbocycles. The van der Waals surface area contributed by atoms with Crippen LogP contribution >= 0.6 is 11.3 Å². The largest absolute Gasteiger partial charge is 0.385 e. The molecule has 9 heteroatoms. The number of rotatable bonds is 5. The fraction of sp³-hybridized carbons (Fsp3) is 0.273. The Morgan fingerprint density at radius 3 is 2.32 bits per heavy atom. The van der Waals surface area contributed by atoms with Crippen molar-refractivity contribution in [3.05, 3.63) is 76.8 Å². The van der Waals surface area contributed by atoms with Crippen molar-refractivity contribution in [3.8, 4) is 0 Å². The number of carbonyl (C=O) groups excluding carboxylic acids is 1. The van der Waals surface area contributed by atoms with Gasteiger partial charge in [0.2, 0.25) is 0 Å². The van der Waals surface area contributed by atoms with E-state index in [0.29, 0.717) is 31.5 Å². The van der Waals surface area contributed by atoms with E-state index in [4.69, 9.17) is 0 Å². The first-order valence-corrected chi connectivity index (χ1v) is 12.2. The predicted octanol–water partition coefficient (Wildman–Crippen LogP) is 3.38. The molecule has 0 spiro atoms. The number of nitrogens with one attached hydrogen (secondary N) is 1. The smallest absolute Gasteiger partial charge is 0.263 e. The van der Waals surface area contributed by atoms with Crippen LogP contribution in [0.2, 0.25) is 0 Å². The van der Waals surface area contributed by atoms with Gasteiger partial charge in [0.1, 0.15) is 0 Å². The van der Waals surface area contributed by atoms with Gasteiger partial charge >= 0.3 is 0 Å². The number of nitrogens with zero attached hydrogens (tertiary/aromatic N) is 2. The molecule has 1 saturated heterocycles. The van der Waals surface area contributed by atoms with Gasteiger partial charge in [-0.2, -0.15) is 0 Å². The maximum atomic E-state index is 12.9. The first-order chi connectivity index (χ1) is 14.8. The Morgan fingerprint density at radius 1 is 1.10 bits per heavy atom. The van der Waals surface area contributed by atoms with Crippen molar-refractivity contribution in [1.29, 1.82) is 0 Å². The average Bonchev–Trinajstić information content (AvgIpc) is 3.26. The molecule has 162 valence electrons. The molecule has 0 radical (unpaired) electrons. The van der Waals surface area contributed by atoms with E-state index < -0.39 is 15.6 Å². The molecule has 0 unspecified atom stereocenters. The number of anilines is 1. The zero-order chi connectivity index (χ0) is 22.1. The van der Waals surface area contributed by atoms with E-state index in [9.17, 15) is 18.3 Å². The van der Waals surface area contributed by atoms with Crippen molar-refractivity contribution in [2.45, 2.75) is 30.3 Å². The lowest BCUT2D eigenvalue weighted by molar-refractivity contribution is -0.0211. The topological polar surface area (TPSA) is 99.6 Å². The van der Waals surface area contributed by atoms with Gasteiger partial charge in [-0.1, -0.05) is 29.8 Å². The standard InChI is InChI=1S/C22H23N3O4S2/c1-16-2-6-18(7-3-16)22(27)10-13-25(14-11-22)20(26)17-4-8-19(9-5-17)31(28,29)24-21-23-12-15-30-21/h2-9,12,15,27H,10-11,13-14H2,1H3,(H,23,24). The van der Waals surface area contributed by atoms with Crippen LogP contribution in [0.3, 0.4) is 0 Å². The lowest BCUT2D eigenvalue weighted by Crippen LogP contribution is -2.45. The van der Waals surface area contributed by atoms with Crippen LogP contribution in [0.4, 0.5) is 5.13 Å². The summed E-state index contributed by atoms with van der Waals surface area (Å²) in [5, 5.41) is 13.0. The first-order valence-electron chi connectivity index (χ1n) is 9.88. The van der Waals surface area contributed by atoms with Gasteiger partial charge in [0.25, 0.3) is 15.9 Å². The summed E-state index contributed by atoms with van der Waals surface area (Å²) < 4.78 is 27.3. The summed E-state index contributed by atoms with van der Waals surface area (Å²) in [7, 11) is -3.76. The number of amides is 1. The highest BCUT2D eigenvalue weighted by atomic mass is 32.2. The molecule has 1 aromatic heterocycles. The molecule has 0 bridgehead atoms. The van der Waals surface area contributed by atoms with Crippen LogP contribution in [0.15, 0.2) is 65.0 Å². The molecule has 7 nitrogen and oxygen atoms in total. The van der Waals surface area contributed by atoms with Crippen LogP contribution in [0.25, 0.3) is 0 Å². The Morgan fingerprint density at radius 2 is 1.74 bits per heavy atom. The molecule has 31 heavy (non-hydrogen) atoms. The van der Waals surface area contributed by atoms with Gasteiger partial charge in [0.05, 0.1) is 10.5 Å². The fourth-order valence-electron chi connectivity index (χ4n) is 3.64. The highest BCUT2D eigenvalue weighted by molar-refractivity contribution is 7.93. The number of aryl methyl sites for hydroxylation is 1. The van der Waals surface area contributed by atoms with Gasteiger partial charge < -0.3 is 10.0 Å². The summed E-state index contributed by atoms with van der Waals surface area (Å²) in [5.74, 6) is -0.178. The molecule has 2 heterocycles. The van der Waals surface area contributed by atoms with Crippen LogP contribution in [0, 0.1) is 6.92 Å². The molecule has 4 rings (SSSR count). The third-order valence-corrected chi connectivity index (χ3v) is 7.70. The van der Waals surface area contributed by atoms with Gasteiger partial charge in [-0.15, -0.1) is 11.3 Å². The minimum absolute atomic E-state index is 0.0617. The van der Waals surface area contributed by atoms with E-state index in [2.05, 4.69) is 9.71 Å². The van der Waals surface area contributed by atoms with Crippen molar-refractivity contribution >= 4 is 32.4 Å². The van der Waals surface area contributed by atoms with E-state index in [1.807, 2.05) is 31.2 Å². The second-order valence-corrected chi connectivity index (χ2v) is 10.2. The second kappa shape index (κ2) is 8.41. The first kappa shape index (κ1) is 21.5. The Bertz CT molecular complexity index is 1150. The highest BCUT2D eigenvalue weighted by Gasteiger charge is 2.35. The Balaban J connectivity index is 1.42. The fourth-order valence-corrected chi connectivity index (χ4v) is 5.43. The summed E-state index contributed by atoms with van der Waals surface area (Å²) in [5.41, 5.74) is 1.47. The molecule has 0 aliphatic carbocycles. The molecule has 0 atom stereocenters. The molecule has 3 aromatic rings. The Labute approximate surface area is 185 Å².